The first-order valence-corrected chi connectivity index (χ1v) is 7.40. The van der Waals surface area contributed by atoms with Gasteiger partial charge in [0.2, 0.25) is 11.8 Å². The quantitative estimate of drug-likeness (QED) is 0.909. The van der Waals surface area contributed by atoms with Gasteiger partial charge in [0.15, 0.2) is 0 Å². The lowest BCUT2D eigenvalue weighted by molar-refractivity contribution is -0.136. The first-order valence-electron chi connectivity index (χ1n) is 7.40. The minimum atomic E-state index is -0.526. The van der Waals surface area contributed by atoms with E-state index in [0.29, 0.717) is 0 Å². The van der Waals surface area contributed by atoms with Crippen LogP contribution >= 0.6 is 0 Å². The number of benzene rings is 1. The van der Waals surface area contributed by atoms with Gasteiger partial charge in [-0.1, -0.05) is 30.3 Å². The molecule has 4 heteroatoms. The molecule has 2 amide bonds. The van der Waals surface area contributed by atoms with Gasteiger partial charge in [-0.2, -0.15) is 0 Å². The number of nitrogens with zero attached hydrogens (tertiary/aromatic N) is 1. The molecule has 20 heavy (non-hydrogen) atoms. The smallest absolute Gasteiger partial charge is 0.249 e. The topological polar surface area (TPSA) is 49.4 Å². The Bertz CT molecular complexity index is 490. The summed E-state index contributed by atoms with van der Waals surface area (Å²) in [6.07, 6.45) is 4.02. The molecular weight excluding hydrogens is 252 g/mol. The standard InChI is InChI=1S/C16H20N2O2/c19-15(13-8-9-13)17-14(12-6-2-1-3-7-12)16(20)18-10-4-5-11-18/h1-3,6-7,13-14H,4-5,8-11H2,(H,17,19). The van der Waals surface area contributed by atoms with Crippen molar-refractivity contribution < 1.29 is 9.59 Å². The highest BCUT2D eigenvalue weighted by Gasteiger charge is 2.34. The second kappa shape index (κ2) is 5.65. The summed E-state index contributed by atoms with van der Waals surface area (Å²) in [5.41, 5.74) is 0.874. The van der Waals surface area contributed by atoms with E-state index < -0.39 is 6.04 Å². The molecule has 0 aromatic heterocycles. The van der Waals surface area contributed by atoms with Crippen molar-refractivity contribution in [2.24, 2.45) is 5.92 Å². The van der Waals surface area contributed by atoms with E-state index in [1.165, 1.54) is 0 Å². The lowest BCUT2D eigenvalue weighted by atomic mass is 10.1. The van der Waals surface area contributed by atoms with Crippen molar-refractivity contribution in [1.29, 1.82) is 0 Å². The Labute approximate surface area is 119 Å². The Hall–Kier alpha value is -1.84. The van der Waals surface area contributed by atoms with Crippen LogP contribution in [0.15, 0.2) is 30.3 Å². The molecule has 1 aromatic rings. The van der Waals surface area contributed by atoms with Crippen LogP contribution in [0.2, 0.25) is 0 Å². The summed E-state index contributed by atoms with van der Waals surface area (Å²) >= 11 is 0. The van der Waals surface area contributed by atoms with Crippen LogP contribution in [-0.2, 0) is 9.59 Å². The van der Waals surface area contributed by atoms with Crippen LogP contribution in [-0.4, -0.2) is 29.8 Å². The van der Waals surface area contributed by atoms with Crippen molar-refractivity contribution in [3.05, 3.63) is 35.9 Å². The SMILES string of the molecule is O=C(NC(C(=O)N1CCCC1)c1ccccc1)C1CC1. The summed E-state index contributed by atoms with van der Waals surface area (Å²) in [7, 11) is 0. The molecular formula is C16H20N2O2. The van der Waals surface area contributed by atoms with E-state index in [1.807, 2.05) is 35.2 Å². The number of hydrogen-bond donors (Lipinski definition) is 1. The first kappa shape index (κ1) is 13.2. The third-order valence-electron chi connectivity index (χ3n) is 4.03. The van der Waals surface area contributed by atoms with E-state index in [2.05, 4.69) is 5.32 Å². The van der Waals surface area contributed by atoms with Gasteiger partial charge in [-0.05, 0) is 31.2 Å². The third kappa shape index (κ3) is 2.84. The van der Waals surface area contributed by atoms with Crippen molar-refractivity contribution in [1.82, 2.24) is 10.2 Å². The summed E-state index contributed by atoms with van der Waals surface area (Å²) in [5, 5.41) is 2.94. The third-order valence-corrected chi connectivity index (χ3v) is 4.03. The van der Waals surface area contributed by atoms with Crippen LogP contribution < -0.4 is 5.32 Å². The van der Waals surface area contributed by atoms with E-state index in [1.54, 1.807) is 0 Å². The first-order chi connectivity index (χ1) is 9.75. The molecule has 1 heterocycles. The second-order valence-corrected chi connectivity index (χ2v) is 5.66. The maximum Gasteiger partial charge on any atom is 0.249 e. The minimum absolute atomic E-state index is 0.0198. The molecule has 1 aliphatic heterocycles. The number of likely N-dealkylation sites (tertiary alicyclic amines) is 1. The molecule has 1 aromatic carbocycles. The van der Waals surface area contributed by atoms with Crippen LogP contribution in [0.25, 0.3) is 0 Å². The molecule has 106 valence electrons. The maximum absolute atomic E-state index is 12.6. The normalized spacial score (nSPS) is 19.7. The molecule has 2 aliphatic rings. The van der Waals surface area contributed by atoms with Crippen LogP contribution in [0.1, 0.15) is 37.3 Å². The van der Waals surface area contributed by atoms with Crippen LogP contribution in [0, 0.1) is 5.92 Å². The lowest BCUT2D eigenvalue weighted by Gasteiger charge is -2.24. The van der Waals surface area contributed by atoms with Crippen molar-refractivity contribution in [3.63, 3.8) is 0 Å². The van der Waals surface area contributed by atoms with Gasteiger partial charge in [0.25, 0.3) is 0 Å². The Morgan fingerprint density at radius 2 is 1.75 bits per heavy atom. The highest BCUT2D eigenvalue weighted by molar-refractivity contribution is 5.90. The number of nitrogens with one attached hydrogen (secondary N) is 1. The highest BCUT2D eigenvalue weighted by atomic mass is 16.2. The average Bonchev–Trinajstić information content (AvgIpc) is 3.20. The van der Waals surface area contributed by atoms with Gasteiger partial charge in [0.1, 0.15) is 6.04 Å². The van der Waals surface area contributed by atoms with Gasteiger partial charge in [-0.15, -0.1) is 0 Å². The van der Waals surface area contributed by atoms with Gasteiger partial charge in [-0.25, -0.2) is 0 Å². The summed E-state index contributed by atoms with van der Waals surface area (Å²) < 4.78 is 0. The fourth-order valence-corrected chi connectivity index (χ4v) is 2.66. The van der Waals surface area contributed by atoms with E-state index in [9.17, 15) is 9.59 Å². The van der Waals surface area contributed by atoms with E-state index in [0.717, 1.165) is 44.3 Å². The van der Waals surface area contributed by atoms with E-state index in [-0.39, 0.29) is 17.7 Å². The summed E-state index contributed by atoms with van der Waals surface area (Å²) in [6.45, 7) is 1.61. The fraction of sp³-hybridized carbons (Fsp3) is 0.500. The molecule has 2 fully saturated rings. The zero-order valence-electron chi connectivity index (χ0n) is 11.5. The molecule has 4 nitrogen and oxygen atoms in total. The summed E-state index contributed by atoms with van der Waals surface area (Å²) in [5.74, 6) is 0.168. The molecule has 1 unspecified atom stereocenters. The van der Waals surface area contributed by atoms with Crippen LogP contribution in [0.5, 0.6) is 0 Å². The highest BCUT2D eigenvalue weighted by Crippen LogP contribution is 2.30. The van der Waals surface area contributed by atoms with Crippen LogP contribution in [0.3, 0.4) is 0 Å². The van der Waals surface area contributed by atoms with Gasteiger partial charge in [0, 0.05) is 19.0 Å². The average molecular weight is 272 g/mol. The Morgan fingerprint density at radius 3 is 2.35 bits per heavy atom. The Kier molecular flexibility index (Phi) is 3.72. The van der Waals surface area contributed by atoms with Crippen molar-refractivity contribution in [3.8, 4) is 0 Å². The van der Waals surface area contributed by atoms with Gasteiger partial charge < -0.3 is 10.2 Å². The summed E-state index contributed by atoms with van der Waals surface area (Å²) in [4.78, 5) is 26.5. The van der Waals surface area contributed by atoms with Crippen molar-refractivity contribution in [2.45, 2.75) is 31.7 Å². The summed E-state index contributed by atoms with van der Waals surface area (Å²) in [6, 6.07) is 9.02. The van der Waals surface area contributed by atoms with Crippen molar-refractivity contribution in [2.75, 3.05) is 13.1 Å². The monoisotopic (exact) mass is 272 g/mol. The number of carbonyl (C=O) groups is 2. The van der Waals surface area contributed by atoms with E-state index in [4.69, 9.17) is 0 Å². The molecule has 1 saturated carbocycles. The molecule has 0 spiro atoms. The van der Waals surface area contributed by atoms with Gasteiger partial charge in [0.05, 0.1) is 0 Å². The Balaban J connectivity index is 1.78. The van der Waals surface area contributed by atoms with Crippen molar-refractivity contribution >= 4 is 11.8 Å². The largest absolute Gasteiger partial charge is 0.341 e. The number of hydrogen-bond acceptors (Lipinski definition) is 2. The number of carbonyl (C=O) groups excluding carboxylic acids is 2. The zero-order chi connectivity index (χ0) is 13.9. The fourth-order valence-electron chi connectivity index (χ4n) is 2.66. The van der Waals surface area contributed by atoms with Gasteiger partial charge >= 0.3 is 0 Å². The predicted molar refractivity (Wildman–Crippen MR) is 75.9 cm³/mol. The number of rotatable bonds is 4. The molecule has 1 atom stereocenters. The number of amides is 2. The molecule has 1 N–H and O–H groups in total. The zero-order valence-corrected chi connectivity index (χ0v) is 11.5. The van der Waals surface area contributed by atoms with Gasteiger partial charge in [-0.3, -0.25) is 9.59 Å². The lowest BCUT2D eigenvalue weighted by Crippen LogP contribution is -2.42. The Morgan fingerprint density at radius 1 is 1.10 bits per heavy atom. The van der Waals surface area contributed by atoms with E-state index >= 15 is 0 Å². The second-order valence-electron chi connectivity index (χ2n) is 5.66. The predicted octanol–water partition coefficient (Wildman–Crippen LogP) is 1.88. The minimum Gasteiger partial charge on any atom is -0.341 e. The molecule has 0 radical (unpaired) electrons. The molecule has 1 saturated heterocycles. The molecule has 1 aliphatic carbocycles. The molecule has 3 rings (SSSR count). The van der Waals surface area contributed by atoms with Crippen LogP contribution in [0.4, 0.5) is 0 Å². The molecule has 0 bridgehead atoms. The maximum atomic E-state index is 12.6.